The van der Waals surface area contributed by atoms with Crippen molar-refractivity contribution in [2.75, 3.05) is 29.8 Å². The molecule has 0 bridgehead atoms. The molecule has 0 spiro atoms. The maximum absolute atomic E-state index is 12.3. The predicted octanol–water partition coefficient (Wildman–Crippen LogP) is 1.11. The minimum Gasteiger partial charge on any atom is -0.478 e. The Morgan fingerprint density at radius 2 is 2.20 bits per heavy atom. The van der Waals surface area contributed by atoms with Gasteiger partial charge in [0.1, 0.15) is 0 Å². The highest BCUT2D eigenvalue weighted by Crippen LogP contribution is 2.31. The summed E-state index contributed by atoms with van der Waals surface area (Å²) >= 11 is 0. The van der Waals surface area contributed by atoms with Crippen LogP contribution in [0.15, 0.2) is 18.2 Å². The normalized spacial score (nSPS) is 14.3. The summed E-state index contributed by atoms with van der Waals surface area (Å²) in [6, 6.07) is 4.59. The molecule has 6 nitrogen and oxygen atoms in total. The Morgan fingerprint density at radius 3 is 2.85 bits per heavy atom. The van der Waals surface area contributed by atoms with E-state index in [1.807, 2.05) is 0 Å². The van der Waals surface area contributed by atoms with Crippen molar-refractivity contribution >= 4 is 21.7 Å². The lowest BCUT2D eigenvalue weighted by atomic mass is 10.1. The van der Waals surface area contributed by atoms with Crippen molar-refractivity contribution < 1.29 is 23.1 Å². The number of anilines is 1. The number of rotatable bonds is 6. The zero-order valence-corrected chi connectivity index (χ0v) is 12.0. The van der Waals surface area contributed by atoms with Crippen molar-refractivity contribution in [3.8, 4) is 0 Å². The quantitative estimate of drug-likeness (QED) is 0.796. The molecule has 0 amide bonds. The van der Waals surface area contributed by atoms with E-state index in [0.717, 1.165) is 5.56 Å². The van der Waals surface area contributed by atoms with E-state index in [9.17, 15) is 13.2 Å². The minimum absolute atomic E-state index is 0.0932. The molecule has 1 heterocycles. The number of hydrogen-bond acceptors (Lipinski definition) is 4. The number of carbonyl (C=O) groups is 1. The Balaban J connectivity index is 2.26. The molecular weight excluding hydrogens is 282 g/mol. The SMILES string of the molecule is CCOCCS(=O)(=O)N1CCc2ccc(C(=O)O)cc21. The molecule has 1 aliphatic heterocycles. The number of carboxylic acids is 1. The van der Waals surface area contributed by atoms with E-state index in [4.69, 9.17) is 9.84 Å². The number of benzene rings is 1. The molecule has 1 N–H and O–H groups in total. The smallest absolute Gasteiger partial charge is 0.335 e. The number of hydrogen-bond donors (Lipinski definition) is 1. The van der Waals surface area contributed by atoms with E-state index in [1.165, 1.54) is 16.4 Å². The van der Waals surface area contributed by atoms with Gasteiger partial charge >= 0.3 is 5.97 Å². The Labute approximate surface area is 118 Å². The molecule has 1 aromatic carbocycles. The van der Waals surface area contributed by atoms with Crippen molar-refractivity contribution in [3.05, 3.63) is 29.3 Å². The molecule has 2 rings (SSSR count). The van der Waals surface area contributed by atoms with E-state index in [-0.39, 0.29) is 17.9 Å². The first-order valence-electron chi connectivity index (χ1n) is 6.40. The standard InChI is InChI=1S/C13H17NO5S/c1-2-19-7-8-20(17,18)14-6-5-10-3-4-11(13(15)16)9-12(10)14/h3-4,9H,2,5-8H2,1H3,(H,15,16). The molecule has 110 valence electrons. The average molecular weight is 299 g/mol. The summed E-state index contributed by atoms with van der Waals surface area (Å²) in [7, 11) is -3.47. The summed E-state index contributed by atoms with van der Waals surface area (Å²) in [5.41, 5.74) is 1.42. The lowest BCUT2D eigenvalue weighted by Crippen LogP contribution is -2.33. The Bertz CT molecular complexity index is 611. The first-order chi connectivity index (χ1) is 9.45. The van der Waals surface area contributed by atoms with Gasteiger partial charge in [0.2, 0.25) is 10.0 Å². The molecule has 1 aliphatic rings. The molecule has 0 fully saturated rings. The monoisotopic (exact) mass is 299 g/mol. The van der Waals surface area contributed by atoms with Gasteiger partial charge in [-0.2, -0.15) is 0 Å². The second-order valence-electron chi connectivity index (χ2n) is 4.48. The molecule has 0 saturated carbocycles. The number of aromatic carboxylic acids is 1. The third-order valence-corrected chi connectivity index (χ3v) is 4.94. The average Bonchev–Trinajstić information content (AvgIpc) is 2.82. The highest BCUT2D eigenvalue weighted by molar-refractivity contribution is 7.92. The van der Waals surface area contributed by atoms with Crippen molar-refractivity contribution in [3.63, 3.8) is 0 Å². The third kappa shape index (κ3) is 2.94. The summed E-state index contributed by atoms with van der Waals surface area (Å²) in [6.45, 7) is 2.77. The summed E-state index contributed by atoms with van der Waals surface area (Å²) in [5, 5.41) is 8.99. The van der Waals surface area contributed by atoms with Crippen LogP contribution < -0.4 is 4.31 Å². The molecule has 0 aliphatic carbocycles. The summed E-state index contributed by atoms with van der Waals surface area (Å²) < 4.78 is 30.9. The summed E-state index contributed by atoms with van der Waals surface area (Å²) in [5.74, 6) is -1.16. The third-order valence-electron chi connectivity index (χ3n) is 3.21. The van der Waals surface area contributed by atoms with Gasteiger partial charge in [0.25, 0.3) is 0 Å². The van der Waals surface area contributed by atoms with E-state index in [0.29, 0.717) is 25.3 Å². The fourth-order valence-corrected chi connectivity index (χ4v) is 3.58. The van der Waals surface area contributed by atoms with Crippen LogP contribution in [0.3, 0.4) is 0 Å². The number of nitrogens with zero attached hydrogens (tertiary/aromatic N) is 1. The van der Waals surface area contributed by atoms with Gasteiger partial charge in [-0.1, -0.05) is 6.07 Å². The molecule has 0 unspecified atom stereocenters. The summed E-state index contributed by atoms with van der Waals surface area (Å²) in [6.07, 6.45) is 0.600. The van der Waals surface area contributed by atoms with Gasteiger partial charge in [-0.15, -0.1) is 0 Å². The van der Waals surface area contributed by atoms with Gasteiger partial charge in [-0.3, -0.25) is 4.31 Å². The first kappa shape index (κ1) is 14.8. The number of carboxylic acid groups (broad SMARTS) is 1. The molecule has 20 heavy (non-hydrogen) atoms. The first-order valence-corrected chi connectivity index (χ1v) is 8.01. The predicted molar refractivity (Wildman–Crippen MR) is 74.7 cm³/mol. The largest absolute Gasteiger partial charge is 0.478 e. The zero-order valence-electron chi connectivity index (χ0n) is 11.2. The molecule has 1 aromatic rings. The fraction of sp³-hybridized carbons (Fsp3) is 0.462. The fourth-order valence-electron chi connectivity index (χ4n) is 2.19. The van der Waals surface area contributed by atoms with Crippen molar-refractivity contribution in [1.82, 2.24) is 0 Å². The van der Waals surface area contributed by atoms with Gasteiger partial charge in [-0.05, 0) is 31.0 Å². The van der Waals surface area contributed by atoms with E-state index < -0.39 is 16.0 Å². The van der Waals surface area contributed by atoms with Crippen LogP contribution in [0.1, 0.15) is 22.8 Å². The Hall–Kier alpha value is -1.60. The zero-order chi connectivity index (χ0) is 14.8. The molecule has 0 saturated heterocycles. The van der Waals surface area contributed by atoms with Crippen LogP contribution in [-0.2, 0) is 21.2 Å². The maximum atomic E-state index is 12.3. The Kier molecular flexibility index (Phi) is 4.29. The van der Waals surface area contributed by atoms with E-state index in [1.54, 1.807) is 13.0 Å². The van der Waals surface area contributed by atoms with Crippen molar-refractivity contribution in [2.24, 2.45) is 0 Å². The molecule has 0 radical (unpaired) electrons. The second kappa shape index (κ2) is 5.80. The van der Waals surface area contributed by atoms with Crippen LogP contribution in [0.5, 0.6) is 0 Å². The highest BCUT2D eigenvalue weighted by atomic mass is 32.2. The van der Waals surface area contributed by atoms with Crippen LogP contribution in [0.4, 0.5) is 5.69 Å². The van der Waals surface area contributed by atoms with E-state index in [2.05, 4.69) is 0 Å². The Morgan fingerprint density at radius 1 is 1.45 bits per heavy atom. The van der Waals surface area contributed by atoms with Crippen LogP contribution >= 0.6 is 0 Å². The van der Waals surface area contributed by atoms with Crippen molar-refractivity contribution in [1.29, 1.82) is 0 Å². The van der Waals surface area contributed by atoms with Crippen LogP contribution in [0.2, 0.25) is 0 Å². The van der Waals surface area contributed by atoms with Gasteiger partial charge in [0.15, 0.2) is 0 Å². The van der Waals surface area contributed by atoms with Crippen LogP contribution in [-0.4, -0.2) is 45.0 Å². The molecule has 7 heteroatoms. The molecule has 0 atom stereocenters. The van der Waals surface area contributed by atoms with E-state index >= 15 is 0 Å². The minimum atomic E-state index is -3.47. The number of fused-ring (bicyclic) bond motifs is 1. The molecular formula is C13H17NO5S. The second-order valence-corrected chi connectivity index (χ2v) is 6.50. The van der Waals surface area contributed by atoms with Gasteiger partial charge in [0.05, 0.1) is 23.6 Å². The lowest BCUT2D eigenvalue weighted by molar-refractivity contribution is 0.0697. The topological polar surface area (TPSA) is 83.9 Å². The van der Waals surface area contributed by atoms with Gasteiger partial charge < -0.3 is 9.84 Å². The van der Waals surface area contributed by atoms with Crippen molar-refractivity contribution in [2.45, 2.75) is 13.3 Å². The molecule has 0 aromatic heterocycles. The number of ether oxygens (including phenoxy) is 1. The van der Waals surface area contributed by atoms with Crippen LogP contribution in [0.25, 0.3) is 0 Å². The maximum Gasteiger partial charge on any atom is 0.335 e. The van der Waals surface area contributed by atoms with Gasteiger partial charge in [-0.25, -0.2) is 13.2 Å². The number of sulfonamides is 1. The van der Waals surface area contributed by atoms with Crippen LogP contribution in [0, 0.1) is 0 Å². The summed E-state index contributed by atoms with van der Waals surface area (Å²) in [4.78, 5) is 11.0. The van der Waals surface area contributed by atoms with Gasteiger partial charge in [0, 0.05) is 13.2 Å². The highest BCUT2D eigenvalue weighted by Gasteiger charge is 2.29. The lowest BCUT2D eigenvalue weighted by Gasteiger charge is -2.19.